The molecule has 1 heteroatoms. The fourth-order valence-electron chi connectivity index (χ4n) is 0.0745. The number of allylic oxidation sites excluding steroid dienone is 1. The van der Waals surface area contributed by atoms with E-state index in [0.717, 1.165) is 0 Å². The first-order valence-corrected chi connectivity index (χ1v) is 1.39. The average Bonchev–Trinajstić information content (AvgIpc) is 1.41. The van der Waals surface area contributed by atoms with Crippen molar-refractivity contribution in [2.24, 2.45) is 0 Å². The van der Waals surface area contributed by atoms with Crippen LogP contribution in [0.2, 0.25) is 0 Å². The molecule has 0 amide bonds. The zero-order chi connectivity index (χ0) is 4.12. The smallest absolute Gasteiger partial charge is 0.150 e. The zero-order valence-corrected chi connectivity index (χ0v) is 3.10. The highest BCUT2D eigenvalue weighted by Crippen LogP contribution is 1.64. The Morgan fingerprint density at radius 3 is 2.40 bits per heavy atom. The summed E-state index contributed by atoms with van der Waals surface area (Å²) in [6.45, 7) is 7.96. The van der Waals surface area contributed by atoms with E-state index in [4.69, 9.17) is 6.57 Å². The molecular weight excluding hydrogens is 62.1 g/mol. The molecule has 0 aliphatic heterocycles. The molecule has 0 unspecified atom stereocenters. The molecule has 0 radical (unpaired) electrons. The molecular formula is C4H5N. The van der Waals surface area contributed by atoms with Crippen LogP contribution in [0.3, 0.4) is 0 Å². The molecule has 0 saturated heterocycles. The first-order valence-electron chi connectivity index (χ1n) is 1.39. The maximum atomic E-state index is 6.14. The van der Waals surface area contributed by atoms with Crippen LogP contribution in [-0.2, 0) is 0 Å². The van der Waals surface area contributed by atoms with Crippen LogP contribution in [-0.4, -0.2) is 0 Å². The van der Waals surface area contributed by atoms with Crippen LogP contribution >= 0.6 is 0 Å². The predicted molar refractivity (Wildman–Crippen MR) is 21.4 cm³/mol. The molecule has 0 aliphatic carbocycles. The fourth-order valence-corrected chi connectivity index (χ4v) is 0.0745. The Morgan fingerprint density at radius 2 is 2.40 bits per heavy atom. The van der Waals surface area contributed by atoms with Gasteiger partial charge in [0.25, 0.3) is 0 Å². The van der Waals surface area contributed by atoms with Gasteiger partial charge in [0.1, 0.15) is 6.20 Å². The van der Waals surface area contributed by atoms with E-state index in [1.54, 1.807) is 6.08 Å². The van der Waals surface area contributed by atoms with Gasteiger partial charge in [-0.3, -0.25) is 0 Å². The second-order valence-corrected chi connectivity index (χ2v) is 0.612. The monoisotopic (exact) mass is 67.0 g/mol. The molecule has 0 aliphatic rings. The standard InChI is InChI=1S/C4H5N/c1-3-4-5-2/h3-4H,1H3/b4-3+. The van der Waals surface area contributed by atoms with Gasteiger partial charge in [-0.2, -0.15) is 0 Å². The zero-order valence-electron chi connectivity index (χ0n) is 3.10. The summed E-state index contributed by atoms with van der Waals surface area (Å²) >= 11 is 0. The number of hydrogen-bond donors (Lipinski definition) is 0. The summed E-state index contributed by atoms with van der Waals surface area (Å²) in [5, 5.41) is 0. The van der Waals surface area contributed by atoms with Gasteiger partial charge in [0.2, 0.25) is 0 Å². The minimum Gasteiger partial charge on any atom is -0.246 e. The van der Waals surface area contributed by atoms with E-state index in [2.05, 4.69) is 4.85 Å². The summed E-state index contributed by atoms with van der Waals surface area (Å²) in [4.78, 5) is 2.92. The molecule has 0 saturated carbocycles. The summed E-state index contributed by atoms with van der Waals surface area (Å²) in [5.74, 6) is 0. The molecule has 0 rings (SSSR count). The van der Waals surface area contributed by atoms with E-state index >= 15 is 0 Å². The van der Waals surface area contributed by atoms with Gasteiger partial charge in [0, 0.05) is 0 Å². The normalized spacial score (nSPS) is 8.00. The number of hydrogen-bond acceptors (Lipinski definition) is 0. The summed E-state index contributed by atoms with van der Waals surface area (Å²) in [7, 11) is 0. The lowest BCUT2D eigenvalue weighted by Crippen LogP contribution is -1.28. The van der Waals surface area contributed by atoms with E-state index in [1.807, 2.05) is 6.92 Å². The number of nitrogens with zero attached hydrogens (tertiary/aromatic N) is 1. The van der Waals surface area contributed by atoms with E-state index in [-0.39, 0.29) is 0 Å². The van der Waals surface area contributed by atoms with Crippen molar-refractivity contribution in [3.63, 3.8) is 0 Å². The van der Waals surface area contributed by atoms with Gasteiger partial charge >= 0.3 is 0 Å². The van der Waals surface area contributed by atoms with Crippen LogP contribution in [0.25, 0.3) is 4.85 Å². The maximum absolute atomic E-state index is 6.14. The molecule has 0 aromatic heterocycles. The summed E-state index contributed by atoms with van der Waals surface area (Å²) in [6.07, 6.45) is 3.12. The fraction of sp³-hybridized carbons (Fsp3) is 0.250. The van der Waals surface area contributed by atoms with Crippen LogP contribution in [0.4, 0.5) is 0 Å². The van der Waals surface area contributed by atoms with Crippen molar-refractivity contribution >= 4 is 0 Å². The first-order chi connectivity index (χ1) is 2.41. The van der Waals surface area contributed by atoms with Crippen molar-refractivity contribution < 1.29 is 0 Å². The van der Waals surface area contributed by atoms with Crippen molar-refractivity contribution in [3.8, 4) is 0 Å². The highest BCUT2D eigenvalue weighted by atomic mass is 14.6. The average molecular weight is 67.1 g/mol. The van der Waals surface area contributed by atoms with Crippen LogP contribution in [0, 0.1) is 6.57 Å². The van der Waals surface area contributed by atoms with Gasteiger partial charge in [0.15, 0.2) is 0 Å². The lowest BCUT2D eigenvalue weighted by atomic mass is 10.7. The van der Waals surface area contributed by atoms with Crippen molar-refractivity contribution in [1.29, 1.82) is 0 Å². The van der Waals surface area contributed by atoms with Crippen LogP contribution < -0.4 is 0 Å². The summed E-state index contributed by atoms with van der Waals surface area (Å²) in [6, 6.07) is 0. The Morgan fingerprint density at radius 1 is 1.80 bits per heavy atom. The molecule has 0 N–H and O–H groups in total. The Hall–Kier alpha value is -0.770. The predicted octanol–water partition coefficient (Wildman–Crippen LogP) is 1.44. The Kier molecular flexibility index (Phi) is 2.73. The van der Waals surface area contributed by atoms with Gasteiger partial charge in [-0.1, -0.05) is 13.0 Å². The van der Waals surface area contributed by atoms with Gasteiger partial charge in [-0.05, 0) is 0 Å². The van der Waals surface area contributed by atoms with Gasteiger partial charge < -0.3 is 0 Å². The molecule has 0 spiro atoms. The topological polar surface area (TPSA) is 4.36 Å². The Balaban J connectivity index is 3.04. The quantitative estimate of drug-likeness (QED) is 0.377. The van der Waals surface area contributed by atoms with E-state index < -0.39 is 0 Å². The second kappa shape index (κ2) is 3.23. The van der Waals surface area contributed by atoms with Crippen LogP contribution in [0.15, 0.2) is 12.3 Å². The van der Waals surface area contributed by atoms with Crippen molar-refractivity contribution in [3.05, 3.63) is 23.7 Å². The lowest BCUT2D eigenvalue weighted by molar-refractivity contribution is 1.74. The maximum Gasteiger partial charge on any atom is 0.150 e. The summed E-state index contributed by atoms with van der Waals surface area (Å²) < 4.78 is 0. The highest BCUT2D eigenvalue weighted by molar-refractivity contribution is 4.85. The van der Waals surface area contributed by atoms with Crippen molar-refractivity contribution in [1.82, 2.24) is 0 Å². The molecule has 26 valence electrons. The van der Waals surface area contributed by atoms with Gasteiger partial charge in [-0.25, -0.2) is 4.85 Å². The molecule has 5 heavy (non-hydrogen) atoms. The molecule has 0 fully saturated rings. The molecule has 0 aromatic rings. The lowest BCUT2D eigenvalue weighted by Gasteiger charge is -1.50. The number of rotatable bonds is 0. The third kappa shape index (κ3) is 3.23. The third-order valence-corrected chi connectivity index (χ3v) is 0.224. The molecule has 0 atom stereocenters. The van der Waals surface area contributed by atoms with E-state index in [1.165, 1.54) is 6.20 Å². The molecule has 0 aromatic carbocycles. The Bertz CT molecular complexity index is 66.2. The van der Waals surface area contributed by atoms with Gasteiger partial charge in [0.05, 0.1) is 6.57 Å². The third-order valence-electron chi connectivity index (χ3n) is 0.224. The first kappa shape index (κ1) is 4.23. The minimum atomic E-state index is 1.42. The van der Waals surface area contributed by atoms with E-state index in [0.29, 0.717) is 0 Å². The van der Waals surface area contributed by atoms with E-state index in [9.17, 15) is 0 Å². The van der Waals surface area contributed by atoms with Gasteiger partial charge in [-0.15, -0.1) is 0 Å². The molecule has 0 bridgehead atoms. The molecule has 1 nitrogen and oxygen atoms in total. The molecule has 0 heterocycles. The van der Waals surface area contributed by atoms with Crippen LogP contribution in [0.5, 0.6) is 0 Å². The summed E-state index contributed by atoms with van der Waals surface area (Å²) in [5.41, 5.74) is 0. The van der Waals surface area contributed by atoms with Crippen molar-refractivity contribution in [2.45, 2.75) is 6.92 Å². The highest BCUT2D eigenvalue weighted by Gasteiger charge is 1.44. The second-order valence-electron chi connectivity index (χ2n) is 0.612. The minimum absolute atomic E-state index is 1.42. The van der Waals surface area contributed by atoms with Crippen LogP contribution in [0.1, 0.15) is 6.92 Å². The Labute approximate surface area is 31.7 Å². The largest absolute Gasteiger partial charge is 0.246 e. The van der Waals surface area contributed by atoms with Crippen molar-refractivity contribution in [2.75, 3.05) is 0 Å². The SMILES string of the molecule is [C-]#[N+]/C=C/C.